The topological polar surface area (TPSA) is 61.3 Å². The van der Waals surface area contributed by atoms with Crippen LogP contribution in [0.15, 0.2) is 185 Å². The average molecular weight is 708 g/mol. The normalized spacial score (nSPS) is 18.0. The van der Waals surface area contributed by atoms with Gasteiger partial charge in [0.15, 0.2) is 0 Å². The predicted octanol–water partition coefficient (Wildman–Crippen LogP) is 12.8. The zero-order valence-electron chi connectivity index (χ0n) is 30.2. The van der Waals surface area contributed by atoms with E-state index in [4.69, 9.17) is 9.41 Å². The van der Waals surface area contributed by atoms with Crippen LogP contribution in [0.4, 0.5) is 0 Å². The first-order chi connectivity index (χ1) is 27.2. The van der Waals surface area contributed by atoms with E-state index in [1.807, 2.05) is 24.3 Å². The largest absolute Gasteiger partial charge is 0.455 e. The van der Waals surface area contributed by atoms with E-state index in [1.165, 1.54) is 22.3 Å². The van der Waals surface area contributed by atoms with Gasteiger partial charge in [0.1, 0.15) is 17.3 Å². The van der Waals surface area contributed by atoms with E-state index in [2.05, 4.69) is 157 Å². The van der Waals surface area contributed by atoms with Gasteiger partial charge in [-0.1, -0.05) is 140 Å². The third kappa shape index (κ3) is 6.01. The third-order valence-corrected chi connectivity index (χ3v) is 11.2. The number of furan rings is 1. The molecule has 2 atom stereocenters. The molecule has 0 fully saturated rings. The smallest absolute Gasteiger partial charge is 0.145 e. The number of nitrogens with one attached hydrogen (secondary N) is 1. The molecule has 10 rings (SSSR count). The van der Waals surface area contributed by atoms with Crippen LogP contribution in [0.25, 0.3) is 55.1 Å². The van der Waals surface area contributed by atoms with Gasteiger partial charge in [-0.2, -0.15) is 5.26 Å². The molecule has 0 amide bonds. The number of nitrogens with zero attached hydrogens (tertiary/aromatic N) is 2. The van der Waals surface area contributed by atoms with Crippen LogP contribution < -0.4 is 5.32 Å². The van der Waals surface area contributed by atoms with Crippen molar-refractivity contribution in [2.24, 2.45) is 4.99 Å². The van der Waals surface area contributed by atoms with E-state index in [9.17, 15) is 5.26 Å². The second-order valence-corrected chi connectivity index (χ2v) is 14.5. The van der Waals surface area contributed by atoms with Crippen molar-refractivity contribution in [2.75, 3.05) is 0 Å². The van der Waals surface area contributed by atoms with Gasteiger partial charge in [-0.15, -0.1) is 0 Å². The highest BCUT2D eigenvalue weighted by molar-refractivity contribution is 6.21. The molecular formula is C51H37N3O. The third-order valence-electron chi connectivity index (χ3n) is 11.2. The fourth-order valence-corrected chi connectivity index (χ4v) is 8.38. The Hall–Kier alpha value is -6.96. The Balaban J connectivity index is 0.979. The highest BCUT2D eigenvalue weighted by Crippen LogP contribution is 2.44. The fraction of sp³-hybridized carbons (Fsp3) is 0.0980. The standard InChI is InChI=1S/C51H37N3O/c52-32-33-21-23-35(24-22-33)44-30-45-49-41(19-10-20-48(49)55-50(45)43-18-8-7-17-42(43)44)40-16-9-15-39(29-40)34-25-27-37(28-26-34)47-31-46(36-11-3-1-4-12-36)53-51(54-47)38-13-5-2-6-14-38/h1-3,5-11,13-28,30-31,39,51,54H,4,12,29H2. The molecule has 4 heteroatoms. The summed E-state index contributed by atoms with van der Waals surface area (Å²) in [5.74, 6) is 0.235. The lowest BCUT2D eigenvalue weighted by molar-refractivity contribution is 0.663. The van der Waals surface area contributed by atoms with Gasteiger partial charge in [-0.3, -0.25) is 4.99 Å². The van der Waals surface area contributed by atoms with Crippen LogP contribution in [0.2, 0.25) is 0 Å². The van der Waals surface area contributed by atoms with Gasteiger partial charge in [-0.25, -0.2) is 0 Å². The van der Waals surface area contributed by atoms with Crippen LogP contribution in [0, 0.1) is 11.3 Å². The summed E-state index contributed by atoms with van der Waals surface area (Å²) in [6, 6.07) is 46.8. The summed E-state index contributed by atoms with van der Waals surface area (Å²) in [7, 11) is 0. The van der Waals surface area contributed by atoms with E-state index in [0.29, 0.717) is 5.56 Å². The van der Waals surface area contributed by atoms with Crippen molar-refractivity contribution in [3.05, 3.63) is 203 Å². The zero-order valence-corrected chi connectivity index (χ0v) is 30.2. The van der Waals surface area contributed by atoms with Crippen molar-refractivity contribution >= 4 is 49.7 Å². The Labute approximate surface area is 320 Å². The minimum absolute atomic E-state index is 0.142. The number of rotatable bonds is 6. The van der Waals surface area contributed by atoms with E-state index >= 15 is 0 Å². The van der Waals surface area contributed by atoms with E-state index in [1.54, 1.807) is 0 Å². The molecular weight excluding hydrogens is 671 g/mol. The zero-order chi connectivity index (χ0) is 36.7. The summed E-state index contributed by atoms with van der Waals surface area (Å²) in [5.41, 5.74) is 14.2. The summed E-state index contributed by atoms with van der Waals surface area (Å²) >= 11 is 0. The molecule has 0 saturated carbocycles. The van der Waals surface area contributed by atoms with Crippen LogP contribution >= 0.6 is 0 Å². The molecule has 6 aromatic carbocycles. The molecule has 1 aliphatic heterocycles. The quantitative estimate of drug-likeness (QED) is 0.187. The summed E-state index contributed by atoms with van der Waals surface area (Å²) in [6.45, 7) is 0. The van der Waals surface area contributed by atoms with Crippen LogP contribution in [-0.4, -0.2) is 5.71 Å². The van der Waals surface area contributed by atoms with Gasteiger partial charge >= 0.3 is 0 Å². The Kier molecular flexibility index (Phi) is 8.19. The molecule has 3 aliphatic rings. The van der Waals surface area contributed by atoms with Gasteiger partial charge < -0.3 is 9.73 Å². The van der Waals surface area contributed by atoms with E-state index in [0.717, 1.165) is 85.6 Å². The van der Waals surface area contributed by atoms with Crippen LogP contribution in [0.5, 0.6) is 0 Å². The Morgan fingerprint density at radius 3 is 2.27 bits per heavy atom. The maximum absolute atomic E-state index is 9.42. The minimum Gasteiger partial charge on any atom is -0.455 e. The predicted molar refractivity (Wildman–Crippen MR) is 226 cm³/mol. The number of aliphatic imine (C=N–C) groups is 1. The Bertz CT molecular complexity index is 2860. The molecule has 1 aromatic heterocycles. The number of hydrogen-bond donors (Lipinski definition) is 1. The minimum atomic E-state index is -0.142. The molecule has 1 N–H and O–H groups in total. The first-order valence-corrected chi connectivity index (χ1v) is 19.0. The molecule has 0 radical (unpaired) electrons. The first kappa shape index (κ1) is 32.7. The van der Waals surface area contributed by atoms with Crippen molar-refractivity contribution in [3.63, 3.8) is 0 Å². The van der Waals surface area contributed by atoms with Crippen molar-refractivity contribution in [3.8, 4) is 17.2 Å². The lowest BCUT2D eigenvalue weighted by Gasteiger charge is -2.26. The van der Waals surface area contributed by atoms with Crippen molar-refractivity contribution in [2.45, 2.75) is 31.3 Å². The second-order valence-electron chi connectivity index (χ2n) is 14.5. The molecule has 55 heavy (non-hydrogen) atoms. The Morgan fingerprint density at radius 1 is 0.691 bits per heavy atom. The molecule has 2 aliphatic carbocycles. The maximum atomic E-state index is 9.42. The molecule has 2 heterocycles. The molecule has 2 unspecified atom stereocenters. The number of fused-ring (bicyclic) bond motifs is 5. The van der Waals surface area contributed by atoms with Crippen LogP contribution in [-0.2, 0) is 0 Å². The highest BCUT2D eigenvalue weighted by atomic mass is 16.3. The molecule has 7 aromatic rings. The number of benzene rings is 6. The number of nitriles is 1. The number of hydrogen-bond acceptors (Lipinski definition) is 4. The van der Waals surface area contributed by atoms with Crippen molar-refractivity contribution in [1.29, 1.82) is 5.26 Å². The van der Waals surface area contributed by atoms with Crippen molar-refractivity contribution in [1.82, 2.24) is 5.32 Å². The second kappa shape index (κ2) is 13.8. The molecule has 4 nitrogen and oxygen atoms in total. The number of allylic oxidation sites excluding steroid dienone is 9. The lowest BCUT2D eigenvalue weighted by Crippen LogP contribution is -2.25. The SMILES string of the molecule is N#Cc1ccc(-c2cc3c(oc4cccc(C5=CC=CC(c6ccc(C7=CC(C8=CC=CCC8)=NC(c8ccccc8)N7)cc6)C5)c43)c3ccccc23)cc1. The van der Waals surface area contributed by atoms with Gasteiger partial charge in [0.25, 0.3) is 0 Å². The summed E-state index contributed by atoms with van der Waals surface area (Å²) < 4.78 is 6.67. The fourth-order valence-electron chi connectivity index (χ4n) is 8.38. The van der Waals surface area contributed by atoms with E-state index < -0.39 is 0 Å². The summed E-state index contributed by atoms with van der Waals surface area (Å²) in [4.78, 5) is 5.15. The first-order valence-electron chi connectivity index (χ1n) is 19.0. The van der Waals surface area contributed by atoms with Crippen LogP contribution in [0.1, 0.15) is 59.2 Å². The molecule has 262 valence electrons. The van der Waals surface area contributed by atoms with Crippen LogP contribution in [0.3, 0.4) is 0 Å². The van der Waals surface area contributed by atoms with Gasteiger partial charge in [0, 0.05) is 27.8 Å². The summed E-state index contributed by atoms with van der Waals surface area (Å²) in [5, 5.41) is 17.6. The van der Waals surface area contributed by atoms with Gasteiger partial charge in [0.05, 0.1) is 17.3 Å². The monoisotopic (exact) mass is 707 g/mol. The summed E-state index contributed by atoms with van der Waals surface area (Å²) in [6.07, 6.45) is 18.4. The average Bonchev–Trinajstić information content (AvgIpc) is 3.66. The lowest BCUT2D eigenvalue weighted by atomic mass is 9.84. The molecule has 0 saturated heterocycles. The van der Waals surface area contributed by atoms with Gasteiger partial charge in [-0.05, 0) is 99.5 Å². The molecule has 0 spiro atoms. The Morgan fingerprint density at radius 2 is 1.47 bits per heavy atom. The highest BCUT2D eigenvalue weighted by Gasteiger charge is 2.23. The maximum Gasteiger partial charge on any atom is 0.145 e. The van der Waals surface area contributed by atoms with Gasteiger partial charge in [0.2, 0.25) is 0 Å². The molecule has 0 bridgehead atoms. The van der Waals surface area contributed by atoms with Crippen molar-refractivity contribution < 1.29 is 4.42 Å². The van der Waals surface area contributed by atoms with E-state index in [-0.39, 0.29) is 12.1 Å².